The molecular formula is C15H15N3O2S. The van der Waals surface area contributed by atoms with E-state index in [0.29, 0.717) is 28.5 Å². The normalized spacial score (nSPS) is 11.2. The van der Waals surface area contributed by atoms with E-state index in [0.717, 1.165) is 5.39 Å². The van der Waals surface area contributed by atoms with Gasteiger partial charge in [0.05, 0.1) is 11.3 Å². The number of para-hydroxylation sites is 1. The third kappa shape index (κ3) is 3.76. The number of benzene rings is 1. The summed E-state index contributed by atoms with van der Waals surface area (Å²) in [7, 11) is 0. The van der Waals surface area contributed by atoms with Crippen LogP contribution in [0.3, 0.4) is 0 Å². The number of fused-ring (bicyclic) bond motifs is 1. The second-order valence-corrected chi connectivity index (χ2v) is 4.70. The lowest BCUT2D eigenvalue weighted by Gasteiger charge is -2.06. The van der Waals surface area contributed by atoms with Gasteiger partial charge in [-0.25, -0.2) is 4.79 Å². The summed E-state index contributed by atoms with van der Waals surface area (Å²) < 4.78 is 5.26. The van der Waals surface area contributed by atoms with Crippen molar-refractivity contribution < 1.29 is 4.42 Å². The predicted molar refractivity (Wildman–Crippen MR) is 88.6 cm³/mol. The number of thiocarbonyl (C=S) groups is 1. The van der Waals surface area contributed by atoms with Crippen molar-refractivity contribution in [3.8, 4) is 0 Å². The topological polar surface area (TPSA) is 66.6 Å². The first kappa shape index (κ1) is 14.9. The number of nitrogens with one attached hydrogen (secondary N) is 2. The highest BCUT2D eigenvalue weighted by atomic mass is 32.1. The van der Waals surface area contributed by atoms with Gasteiger partial charge in [0.1, 0.15) is 5.58 Å². The quantitative estimate of drug-likeness (QED) is 0.298. The summed E-state index contributed by atoms with van der Waals surface area (Å²) in [6, 6.07) is 9.07. The summed E-state index contributed by atoms with van der Waals surface area (Å²) in [5.41, 5.74) is 3.69. The smallest absolute Gasteiger partial charge is 0.345 e. The molecule has 5 nitrogen and oxygen atoms in total. The van der Waals surface area contributed by atoms with Gasteiger partial charge in [-0.3, -0.25) is 5.43 Å². The number of hydrogen-bond donors (Lipinski definition) is 2. The van der Waals surface area contributed by atoms with E-state index in [4.69, 9.17) is 16.6 Å². The monoisotopic (exact) mass is 301 g/mol. The molecule has 0 radical (unpaired) electrons. The van der Waals surface area contributed by atoms with Crippen LogP contribution in [0, 0.1) is 0 Å². The van der Waals surface area contributed by atoms with E-state index in [9.17, 15) is 4.79 Å². The van der Waals surface area contributed by atoms with Crippen LogP contribution in [0.5, 0.6) is 0 Å². The Morgan fingerprint density at radius 3 is 3.00 bits per heavy atom. The molecule has 1 aromatic carbocycles. The lowest BCUT2D eigenvalue weighted by Crippen LogP contribution is -2.32. The van der Waals surface area contributed by atoms with Gasteiger partial charge in [0, 0.05) is 11.9 Å². The van der Waals surface area contributed by atoms with Crippen molar-refractivity contribution in [2.45, 2.75) is 6.92 Å². The summed E-state index contributed by atoms with van der Waals surface area (Å²) >= 11 is 5.02. The molecule has 0 atom stereocenters. The highest BCUT2D eigenvalue weighted by Gasteiger charge is 2.08. The van der Waals surface area contributed by atoms with Gasteiger partial charge >= 0.3 is 5.63 Å². The molecule has 0 fully saturated rings. The number of hydrazone groups is 1. The zero-order chi connectivity index (χ0) is 15.2. The van der Waals surface area contributed by atoms with Crippen LogP contribution in [-0.4, -0.2) is 17.4 Å². The Labute approximate surface area is 127 Å². The van der Waals surface area contributed by atoms with Crippen molar-refractivity contribution >= 4 is 34.0 Å². The van der Waals surface area contributed by atoms with Crippen LogP contribution in [0.4, 0.5) is 0 Å². The minimum Gasteiger partial charge on any atom is -0.422 e. The molecule has 2 N–H and O–H groups in total. The average molecular weight is 301 g/mol. The summed E-state index contributed by atoms with van der Waals surface area (Å²) in [5.74, 6) is 0. The molecule has 0 aliphatic heterocycles. The molecule has 0 aliphatic carbocycles. The van der Waals surface area contributed by atoms with E-state index in [-0.39, 0.29) is 0 Å². The second kappa shape index (κ2) is 6.81. The Hall–Kier alpha value is -2.47. The number of nitrogens with zero attached hydrogens (tertiary/aromatic N) is 1. The Morgan fingerprint density at radius 1 is 1.48 bits per heavy atom. The number of hydrogen-bond acceptors (Lipinski definition) is 4. The molecule has 0 saturated carbocycles. The van der Waals surface area contributed by atoms with Crippen molar-refractivity contribution in [2.24, 2.45) is 5.10 Å². The minimum absolute atomic E-state index is 0.361. The fraction of sp³-hybridized carbons (Fsp3) is 0.133. The molecule has 0 amide bonds. The van der Waals surface area contributed by atoms with E-state index < -0.39 is 5.63 Å². The van der Waals surface area contributed by atoms with Gasteiger partial charge in [-0.15, -0.1) is 6.58 Å². The standard InChI is InChI=1S/C15H15N3O2S/c1-3-8-16-15(21)18-17-10(2)12-9-11-6-4-5-7-13(11)20-14(12)19/h3-7,9H,1,8H2,2H3,(H2,16,18,21)/b17-10-. The molecule has 6 heteroatoms. The molecule has 0 aliphatic rings. The molecule has 1 aromatic heterocycles. The highest BCUT2D eigenvalue weighted by Crippen LogP contribution is 2.12. The highest BCUT2D eigenvalue weighted by molar-refractivity contribution is 7.80. The summed E-state index contributed by atoms with van der Waals surface area (Å²) in [6.45, 7) is 5.83. The fourth-order valence-corrected chi connectivity index (χ4v) is 1.84. The van der Waals surface area contributed by atoms with Crippen LogP contribution in [0.15, 0.2) is 57.3 Å². The third-order valence-electron chi connectivity index (χ3n) is 2.76. The van der Waals surface area contributed by atoms with Gasteiger partial charge in [-0.05, 0) is 31.3 Å². The van der Waals surface area contributed by atoms with Crippen LogP contribution in [0.1, 0.15) is 12.5 Å². The van der Waals surface area contributed by atoms with Crippen molar-refractivity contribution in [3.63, 3.8) is 0 Å². The molecule has 1 heterocycles. The maximum Gasteiger partial charge on any atom is 0.345 e. The first-order valence-corrected chi connectivity index (χ1v) is 6.75. The lowest BCUT2D eigenvalue weighted by atomic mass is 10.1. The van der Waals surface area contributed by atoms with Crippen LogP contribution in [0.2, 0.25) is 0 Å². The second-order valence-electron chi connectivity index (χ2n) is 4.29. The molecular weight excluding hydrogens is 286 g/mol. The van der Waals surface area contributed by atoms with Crippen molar-refractivity contribution in [2.75, 3.05) is 6.54 Å². The van der Waals surface area contributed by atoms with Crippen LogP contribution in [-0.2, 0) is 0 Å². The summed E-state index contributed by atoms with van der Waals surface area (Å²) in [4.78, 5) is 12.0. The zero-order valence-electron chi connectivity index (χ0n) is 11.6. The predicted octanol–water partition coefficient (Wildman–Crippen LogP) is 2.17. The first-order chi connectivity index (χ1) is 10.1. The van der Waals surface area contributed by atoms with Crippen LogP contribution < -0.4 is 16.4 Å². The van der Waals surface area contributed by atoms with E-state index in [1.165, 1.54) is 0 Å². The Bertz CT molecular complexity index is 765. The van der Waals surface area contributed by atoms with Crippen molar-refractivity contribution in [3.05, 3.63) is 59.0 Å². The minimum atomic E-state index is -0.429. The average Bonchev–Trinajstić information content (AvgIpc) is 2.49. The molecule has 0 unspecified atom stereocenters. The lowest BCUT2D eigenvalue weighted by molar-refractivity contribution is 0.559. The molecule has 0 saturated heterocycles. The molecule has 108 valence electrons. The van der Waals surface area contributed by atoms with Gasteiger partial charge in [-0.1, -0.05) is 24.3 Å². The number of rotatable bonds is 4. The molecule has 0 spiro atoms. The Morgan fingerprint density at radius 2 is 2.24 bits per heavy atom. The largest absolute Gasteiger partial charge is 0.422 e. The first-order valence-electron chi connectivity index (χ1n) is 6.34. The molecule has 0 bridgehead atoms. The third-order valence-corrected chi connectivity index (χ3v) is 3.00. The maximum atomic E-state index is 12.0. The Kier molecular flexibility index (Phi) is 4.84. The van der Waals surface area contributed by atoms with Gasteiger partial charge < -0.3 is 9.73 Å². The van der Waals surface area contributed by atoms with Gasteiger partial charge in [-0.2, -0.15) is 5.10 Å². The van der Waals surface area contributed by atoms with Crippen LogP contribution in [0.25, 0.3) is 11.0 Å². The van der Waals surface area contributed by atoms with E-state index in [2.05, 4.69) is 22.4 Å². The fourth-order valence-electron chi connectivity index (χ4n) is 1.71. The van der Waals surface area contributed by atoms with Gasteiger partial charge in [0.25, 0.3) is 0 Å². The van der Waals surface area contributed by atoms with Crippen LogP contribution >= 0.6 is 12.2 Å². The summed E-state index contributed by atoms with van der Waals surface area (Å²) in [6.07, 6.45) is 1.68. The van der Waals surface area contributed by atoms with E-state index in [1.54, 1.807) is 25.1 Å². The van der Waals surface area contributed by atoms with Gasteiger partial charge in [0.2, 0.25) is 0 Å². The molecule has 21 heavy (non-hydrogen) atoms. The maximum absolute atomic E-state index is 12.0. The molecule has 2 aromatic rings. The zero-order valence-corrected chi connectivity index (χ0v) is 12.4. The van der Waals surface area contributed by atoms with Gasteiger partial charge in [0.15, 0.2) is 5.11 Å². The SMILES string of the molecule is C=CCNC(=S)N/N=C(/C)c1cc2ccccc2oc1=O. The Balaban J connectivity index is 2.24. The van der Waals surface area contributed by atoms with Crippen molar-refractivity contribution in [1.82, 2.24) is 10.7 Å². The summed E-state index contributed by atoms with van der Waals surface area (Å²) in [5, 5.41) is 8.16. The van der Waals surface area contributed by atoms with E-state index in [1.807, 2.05) is 18.2 Å². The van der Waals surface area contributed by atoms with Crippen molar-refractivity contribution in [1.29, 1.82) is 0 Å². The molecule has 2 rings (SSSR count). The van der Waals surface area contributed by atoms with E-state index >= 15 is 0 Å².